The SMILES string of the molecule is C=CCOc1ccc(C(=O)OC(CC)C(=O)OC)cc1OC. The summed E-state index contributed by atoms with van der Waals surface area (Å²) >= 11 is 0. The molecule has 0 N–H and O–H groups in total. The summed E-state index contributed by atoms with van der Waals surface area (Å²) in [5.41, 5.74) is 0.255. The lowest BCUT2D eigenvalue weighted by Gasteiger charge is -2.15. The number of ether oxygens (including phenoxy) is 4. The zero-order valence-electron chi connectivity index (χ0n) is 13.0. The van der Waals surface area contributed by atoms with Gasteiger partial charge < -0.3 is 18.9 Å². The van der Waals surface area contributed by atoms with Crippen molar-refractivity contribution in [2.45, 2.75) is 19.4 Å². The van der Waals surface area contributed by atoms with Crippen molar-refractivity contribution in [3.05, 3.63) is 36.4 Å². The average Bonchev–Trinajstić information content (AvgIpc) is 2.56. The van der Waals surface area contributed by atoms with E-state index in [9.17, 15) is 9.59 Å². The smallest absolute Gasteiger partial charge is 0.347 e. The van der Waals surface area contributed by atoms with Crippen molar-refractivity contribution in [1.29, 1.82) is 0 Å². The standard InChI is InChI=1S/C16H20O6/c1-5-9-21-13-8-7-11(10-14(13)19-3)15(17)22-12(6-2)16(18)20-4/h5,7-8,10,12H,1,6,9H2,2-4H3. The quantitative estimate of drug-likeness (QED) is 0.542. The molecule has 0 radical (unpaired) electrons. The number of carbonyl (C=O) groups is 2. The van der Waals surface area contributed by atoms with Gasteiger partial charge >= 0.3 is 11.9 Å². The molecule has 0 aliphatic heterocycles. The molecule has 0 aliphatic carbocycles. The van der Waals surface area contributed by atoms with E-state index in [1.54, 1.807) is 19.1 Å². The Morgan fingerprint density at radius 3 is 2.55 bits per heavy atom. The van der Waals surface area contributed by atoms with Gasteiger partial charge in [-0.1, -0.05) is 19.6 Å². The summed E-state index contributed by atoms with van der Waals surface area (Å²) in [4.78, 5) is 23.5. The highest BCUT2D eigenvalue weighted by Gasteiger charge is 2.23. The van der Waals surface area contributed by atoms with Crippen LogP contribution < -0.4 is 9.47 Å². The molecule has 1 unspecified atom stereocenters. The minimum Gasteiger partial charge on any atom is -0.493 e. The molecule has 0 fully saturated rings. The van der Waals surface area contributed by atoms with Gasteiger partial charge in [-0.25, -0.2) is 9.59 Å². The zero-order valence-corrected chi connectivity index (χ0v) is 13.0. The van der Waals surface area contributed by atoms with Crippen LogP contribution in [0.4, 0.5) is 0 Å². The molecule has 0 spiro atoms. The van der Waals surface area contributed by atoms with Crippen LogP contribution in [0.15, 0.2) is 30.9 Å². The van der Waals surface area contributed by atoms with Gasteiger partial charge in [0.05, 0.1) is 19.8 Å². The Morgan fingerprint density at radius 1 is 1.27 bits per heavy atom. The number of hydrogen-bond acceptors (Lipinski definition) is 6. The van der Waals surface area contributed by atoms with Gasteiger partial charge in [0.15, 0.2) is 17.6 Å². The molecule has 0 amide bonds. The highest BCUT2D eigenvalue weighted by atomic mass is 16.6. The molecule has 1 rings (SSSR count). The van der Waals surface area contributed by atoms with Gasteiger partial charge in [0.1, 0.15) is 6.61 Å². The largest absolute Gasteiger partial charge is 0.493 e. The molecule has 22 heavy (non-hydrogen) atoms. The maximum Gasteiger partial charge on any atom is 0.347 e. The summed E-state index contributed by atoms with van der Waals surface area (Å²) in [5.74, 6) is -0.346. The molecule has 1 atom stereocenters. The number of benzene rings is 1. The molecule has 6 heteroatoms. The summed E-state index contributed by atoms with van der Waals surface area (Å²) in [6, 6.07) is 4.62. The Bertz CT molecular complexity index is 537. The van der Waals surface area contributed by atoms with Crippen LogP contribution in [0, 0.1) is 0 Å². The van der Waals surface area contributed by atoms with E-state index < -0.39 is 18.0 Å². The van der Waals surface area contributed by atoms with Crippen LogP contribution in [-0.4, -0.2) is 38.9 Å². The Labute approximate surface area is 129 Å². The Morgan fingerprint density at radius 2 is 2.00 bits per heavy atom. The first-order chi connectivity index (χ1) is 10.6. The van der Waals surface area contributed by atoms with Crippen molar-refractivity contribution in [3.63, 3.8) is 0 Å². The highest BCUT2D eigenvalue weighted by Crippen LogP contribution is 2.28. The van der Waals surface area contributed by atoms with Crippen molar-refractivity contribution < 1.29 is 28.5 Å². The normalized spacial score (nSPS) is 11.2. The third-order valence-electron chi connectivity index (χ3n) is 2.84. The van der Waals surface area contributed by atoms with Gasteiger partial charge in [0.25, 0.3) is 0 Å². The lowest BCUT2D eigenvalue weighted by atomic mass is 10.2. The molecule has 6 nitrogen and oxygen atoms in total. The van der Waals surface area contributed by atoms with Gasteiger partial charge in [-0.2, -0.15) is 0 Å². The van der Waals surface area contributed by atoms with E-state index in [0.29, 0.717) is 24.5 Å². The van der Waals surface area contributed by atoms with Crippen LogP contribution in [0.1, 0.15) is 23.7 Å². The van der Waals surface area contributed by atoms with Crippen LogP contribution in [0.3, 0.4) is 0 Å². The number of carbonyl (C=O) groups excluding carboxylic acids is 2. The lowest BCUT2D eigenvalue weighted by molar-refractivity contribution is -0.151. The molecule has 0 bridgehead atoms. The summed E-state index contributed by atoms with van der Waals surface area (Å²) in [6.07, 6.45) is 1.00. The molecule has 1 aromatic carbocycles. The summed E-state index contributed by atoms with van der Waals surface area (Å²) in [5, 5.41) is 0. The molecular formula is C16H20O6. The average molecular weight is 308 g/mol. The minimum atomic E-state index is -0.930. The van der Waals surface area contributed by atoms with E-state index in [4.69, 9.17) is 14.2 Å². The van der Waals surface area contributed by atoms with Gasteiger partial charge in [-0.05, 0) is 24.6 Å². The maximum atomic E-state index is 12.1. The molecule has 120 valence electrons. The van der Waals surface area contributed by atoms with Crippen LogP contribution in [0.25, 0.3) is 0 Å². The lowest BCUT2D eigenvalue weighted by Crippen LogP contribution is -2.27. The van der Waals surface area contributed by atoms with Crippen LogP contribution >= 0.6 is 0 Å². The fourth-order valence-electron chi connectivity index (χ4n) is 1.69. The second-order valence-corrected chi connectivity index (χ2v) is 4.29. The van der Waals surface area contributed by atoms with E-state index >= 15 is 0 Å². The topological polar surface area (TPSA) is 71.1 Å². The molecule has 0 saturated carbocycles. The first kappa shape index (κ1) is 17.6. The third kappa shape index (κ3) is 4.51. The predicted molar refractivity (Wildman–Crippen MR) is 80.2 cm³/mol. The fourth-order valence-corrected chi connectivity index (χ4v) is 1.69. The highest BCUT2D eigenvalue weighted by molar-refractivity contribution is 5.92. The molecule has 1 aromatic rings. The van der Waals surface area contributed by atoms with Crippen LogP contribution in [-0.2, 0) is 14.3 Å². The molecular weight excluding hydrogens is 288 g/mol. The van der Waals surface area contributed by atoms with Crippen molar-refractivity contribution >= 4 is 11.9 Å². The predicted octanol–water partition coefficient (Wildman–Crippen LogP) is 2.37. The monoisotopic (exact) mass is 308 g/mol. The zero-order chi connectivity index (χ0) is 16.5. The molecule has 0 aromatic heterocycles. The number of methoxy groups -OCH3 is 2. The van der Waals surface area contributed by atoms with Gasteiger partial charge in [-0.3, -0.25) is 0 Å². The number of hydrogen-bond donors (Lipinski definition) is 0. The first-order valence-electron chi connectivity index (χ1n) is 6.77. The summed E-state index contributed by atoms with van der Waals surface area (Å²) in [6.45, 7) is 5.60. The van der Waals surface area contributed by atoms with E-state index in [0.717, 1.165) is 0 Å². The summed E-state index contributed by atoms with van der Waals surface area (Å²) < 4.78 is 20.3. The number of rotatable bonds is 8. The van der Waals surface area contributed by atoms with E-state index in [2.05, 4.69) is 11.3 Å². The van der Waals surface area contributed by atoms with Crippen molar-refractivity contribution in [2.75, 3.05) is 20.8 Å². The van der Waals surface area contributed by atoms with Crippen molar-refractivity contribution in [1.82, 2.24) is 0 Å². The second-order valence-electron chi connectivity index (χ2n) is 4.29. The van der Waals surface area contributed by atoms with Crippen molar-refractivity contribution in [2.24, 2.45) is 0 Å². The Hall–Kier alpha value is -2.50. The van der Waals surface area contributed by atoms with Gasteiger partial charge in [-0.15, -0.1) is 0 Å². The third-order valence-corrected chi connectivity index (χ3v) is 2.84. The van der Waals surface area contributed by atoms with E-state index in [1.807, 2.05) is 0 Å². The fraction of sp³-hybridized carbons (Fsp3) is 0.375. The second kappa shape index (κ2) is 8.71. The molecule has 0 heterocycles. The van der Waals surface area contributed by atoms with Gasteiger partial charge in [0, 0.05) is 0 Å². The summed E-state index contributed by atoms with van der Waals surface area (Å²) in [7, 11) is 2.71. The van der Waals surface area contributed by atoms with Gasteiger partial charge in [0.2, 0.25) is 0 Å². The van der Waals surface area contributed by atoms with E-state index in [-0.39, 0.29) is 5.56 Å². The number of esters is 2. The minimum absolute atomic E-state index is 0.255. The molecule has 0 saturated heterocycles. The maximum absolute atomic E-state index is 12.1. The van der Waals surface area contributed by atoms with Crippen molar-refractivity contribution in [3.8, 4) is 11.5 Å². The molecule has 0 aliphatic rings. The first-order valence-corrected chi connectivity index (χ1v) is 6.77. The Balaban J connectivity index is 2.89. The van der Waals surface area contributed by atoms with E-state index in [1.165, 1.54) is 26.4 Å². The van der Waals surface area contributed by atoms with Crippen LogP contribution in [0.2, 0.25) is 0 Å². The van der Waals surface area contributed by atoms with Crippen LogP contribution in [0.5, 0.6) is 11.5 Å². The Kier molecular flexibility index (Phi) is 6.95.